The molecule has 1 aliphatic rings. The summed E-state index contributed by atoms with van der Waals surface area (Å²) in [4.78, 5) is 13.1. The van der Waals surface area contributed by atoms with Gasteiger partial charge in [0.25, 0.3) is 0 Å². The van der Waals surface area contributed by atoms with E-state index in [1.54, 1.807) is 11.0 Å². The van der Waals surface area contributed by atoms with Crippen molar-refractivity contribution in [3.8, 4) is 0 Å². The van der Waals surface area contributed by atoms with Crippen molar-refractivity contribution in [1.29, 1.82) is 0 Å². The molecule has 3 nitrogen and oxygen atoms in total. The number of amides is 1. The lowest BCUT2D eigenvalue weighted by atomic mass is 9.95. The van der Waals surface area contributed by atoms with E-state index in [1.807, 2.05) is 6.92 Å². The molecule has 1 N–H and O–H groups in total. The lowest BCUT2D eigenvalue weighted by Crippen LogP contribution is -2.39. The topological polar surface area (TPSA) is 40.5 Å². The van der Waals surface area contributed by atoms with Crippen LogP contribution in [0.25, 0.3) is 0 Å². The fraction of sp³-hybridized carbons (Fsp3) is 0.417. The highest BCUT2D eigenvalue weighted by Gasteiger charge is 2.27. The molecule has 0 saturated carbocycles. The summed E-state index contributed by atoms with van der Waals surface area (Å²) in [5.74, 6) is -0.00102. The van der Waals surface area contributed by atoms with Crippen LogP contribution in [0.1, 0.15) is 26.7 Å². The molecule has 82 valence electrons. The van der Waals surface area contributed by atoms with E-state index < -0.39 is 0 Å². The number of hydrogen-bond donors (Lipinski definition) is 1. The van der Waals surface area contributed by atoms with Gasteiger partial charge in [0.1, 0.15) is 5.76 Å². The van der Waals surface area contributed by atoms with Gasteiger partial charge in [-0.25, -0.2) is 0 Å². The van der Waals surface area contributed by atoms with Crippen LogP contribution in [-0.2, 0) is 4.79 Å². The molecular formula is C12H17NO2. The molecule has 0 aliphatic carbocycles. The zero-order valence-corrected chi connectivity index (χ0v) is 9.29. The van der Waals surface area contributed by atoms with Crippen LogP contribution in [0.4, 0.5) is 0 Å². The molecule has 0 aromatic carbocycles. The molecule has 0 spiro atoms. The van der Waals surface area contributed by atoms with Crippen LogP contribution < -0.4 is 0 Å². The Balaban J connectivity index is 3.22. The predicted octanol–water partition coefficient (Wildman–Crippen LogP) is 2.53. The number of allylic oxidation sites excluding steroid dienone is 2. The third-order valence-corrected chi connectivity index (χ3v) is 2.70. The van der Waals surface area contributed by atoms with E-state index in [0.29, 0.717) is 5.70 Å². The SMILES string of the molecule is C=CC1=C(C(=C)O)CCC(C)N1C(C)=O. The summed E-state index contributed by atoms with van der Waals surface area (Å²) < 4.78 is 0. The first-order valence-electron chi connectivity index (χ1n) is 5.02. The van der Waals surface area contributed by atoms with Crippen molar-refractivity contribution in [1.82, 2.24) is 4.90 Å². The van der Waals surface area contributed by atoms with Crippen molar-refractivity contribution < 1.29 is 9.90 Å². The van der Waals surface area contributed by atoms with E-state index >= 15 is 0 Å². The Morgan fingerprint density at radius 2 is 2.27 bits per heavy atom. The van der Waals surface area contributed by atoms with Crippen LogP contribution in [0.5, 0.6) is 0 Å². The third-order valence-electron chi connectivity index (χ3n) is 2.70. The van der Waals surface area contributed by atoms with Crippen molar-refractivity contribution in [2.24, 2.45) is 0 Å². The highest BCUT2D eigenvalue weighted by Crippen LogP contribution is 2.30. The molecule has 1 atom stereocenters. The Morgan fingerprint density at radius 1 is 1.67 bits per heavy atom. The quantitative estimate of drug-likeness (QED) is 0.707. The fourth-order valence-electron chi connectivity index (χ4n) is 1.99. The van der Waals surface area contributed by atoms with Gasteiger partial charge in [-0.15, -0.1) is 0 Å². The minimum atomic E-state index is -0.0316. The van der Waals surface area contributed by atoms with Crippen LogP contribution >= 0.6 is 0 Å². The Bertz CT molecular complexity index is 342. The van der Waals surface area contributed by atoms with Crippen molar-refractivity contribution >= 4 is 5.91 Å². The van der Waals surface area contributed by atoms with Crippen LogP contribution in [0, 0.1) is 0 Å². The molecule has 0 aromatic rings. The van der Waals surface area contributed by atoms with Gasteiger partial charge in [0.2, 0.25) is 5.91 Å². The summed E-state index contributed by atoms with van der Waals surface area (Å²) in [6.45, 7) is 10.7. The molecule has 0 aromatic heterocycles. The maximum absolute atomic E-state index is 11.5. The Labute approximate surface area is 90.4 Å². The molecule has 0 fully saturated rings. The average molecular weight is 207 g/mol. The molecule has 1 heterocycles. The van der Waals surface area contributed by atoms with Crippen LogP contribution in [0.3, 0.4) is 0 Å². The third kappa shape index (κ3) is 2.12. The molecular weight excluding hydrogens is 190 g/mol. The standard InChI is InChI=1S/C12H17NO2/c1-5-12-11(9(3)14)7-6-8(2)13(12)10(4)15/h5,8,14H,1,3,6-7H2,2,4H3. The van der Waals surface area contributed by atoms with E-state index in [9.17, 15) is 9.90 Å². The maximum atomic E-state index is 11.5. The number of nitrogens with zero attached hydrogens (tertiary/aromatic N) is 1. The summed E-state index contributed by atoms with van der Waals surface area (Å²) in [6, 6.07) is 0.151. The second-order valence-electron chi connectivity index (χ2n) is 3.79. The van der Waals surface area contributed by atoms with Crippen molar-refractivity contribution in [2.45, 2.75) is 32.7 Å². The number of aliphatic hydroxyl groups is 1. The van der Waals surface area contributed by atoms with Crippen LogP contribution in [-0.4, -0.2) is 22.0 Å². The zero-order chi connectivity index (χ0) is 11.6. The largest absolute Gasteiger partial charge is 0.508 e. The van der Waals surface area contributed by atoms with Gasteiger partial charge >= 0.3 is 0 Å². The normalized spacial score (nSPS) is 21.5. The average Bonchev–Trinajstić information content (AvgIpc) is 2.15. The number of hydrogen-bond acceptors (Lipinski definition) is 2. The van der Waals surface area contributed by atoms with E-state index in [0.717, 1.165) is 18.4 Å². The second-order valence-corrected chi connectivity index (χ2v) is 3.79. The molecule has 0 bridgehead atoms. The number of rotatable bonds is 2. The van der Waals surface area contributed by atoms with E-state index in [4.69, 9.17) is 0 Å². The van der Waals surface area contributed by atoms with E-state index in [1.165, 1.54) is 6.92 Å². The van der Waals surface area contributed by atoms with Crippen molar-refractivity contribution in [2.75, 3.05) is 0 Å². The molecule has 1 unspecified atom stereocenters. The molecule has 1 rings (SSSR count). The fourth-order valence-corrected chi connectivity index (χ4v) is 1.99. The van der Waals surface area contributed by atoms with E-state index in [2.05, 4.69) is 13.2 Å². The summed E-state index contributed by atoms with van der Waals surface area (Å²) in [5, 5.41) is 9.43. The molecule has 0 radical (unpaired) electrons. The van der Waals surface area contributed by atoms with Gasteiger partial charge in [0.15, 0.2) is 0 Å². The highest BCUT2D eigenvalue weighted by atomic mass is 16.3. The number of aliphatic hydroxyl groups excluding tert-OH is 1. The predicted molar refractivity (Wildman–Crippen MR) is 60.2 cm³/mol. The molecule has 3 heteroatoms. The van der Waals surface area contributed by atoms with Gasteiger partial charge in [0, 0.05) is 18.5 Å². The van der Waals surface area contributed by atoms with Crippen molar-refractivity contribution in [3.63, 3.8) is 0 Å². The van der Waals surface area contributed by atoms with Gasteiger partial charge in [-0.3, -0.25) is 4.79 Å². The van der Waals surface area contributed by atoms with Gasteiger partial charge in [-0.1, -0.05) is 13.2 Å². The lowest BCUT2D eigenvalue weighted by Gasteiger charge is -2.35. The summed E-state index contributed by atoms with van der Waals surface area (Å²) in [7, 11) is 0. The minimum absolute atomic E-state index is 0.0306. The lowest BCUT2D eigenvalue weighted by molar-refractivity contribution is -0.128. The zero-order valence-electron chi connectivity index (χ0n) is 9.29. The van der Waals surface area contributed by atoms with Gasteiger partial charge in [0.05, 0.1) is 5.70 Å². The first kappa shape index (κ1) is 11.6. The minimum Gasteiger partial charge on any atom is -0.508 e. The summed E-state index contributed by atoms with van der Waals surface area (Å²) in [6.07, 6.45) is 3.18. The Morgan fingerprint density at radius 3 is 2.67 bits per heavy atom. The van der Waals surface area contributed by atoms with E-state index in [-0.39, 0.29) is 17.7 Å². The summed E-state index contributed by atoms with van der Waals surface area (Å²) >= 11 is 0. The molecule has 15 heavy (non-hydrogen) atoms. The number of carbonyl (C=O) groups is 1. The summed E-state index contributed by atoms with van der Waals surface area (Å²) in [5.41, 5.74) is 1.41. The molecule has 1 aliphatic heterocycles. The smallest absolute Gasteiger partial charge is 0.224 e. The number of carbonyl (C=O) groups excluding carboxylic acids is 1. The first-order valence-corrected chi connectivity index (χ1v) is 5.02. The van der Waals surface area contributed by atoms with Crippen LogP contribution in [0.15, 0.2) is 36.3 Å². The Hall–Kier alpha value is -1.51. The van der Waals surface area contributed by atoms with Gasteiger partial charge < -0.3 is 10.0 Å². The van der Waals surface area contributed by atoms with Gasteiger partial charge in [-0.05, 0) is 25.8 Å². The van der Waals surface area contributed by atoms with Crippen molar-refractivity contribution in [3.05, 3.63) is 36.3 Å². The van der Waals surface area contributed by atoms with Gasteiger partial charge in [-0.2, -0.15) is 0 Å². The molecule has 0 saturated heterocycles. The second kappa shape index (κ2) is 4.34. The molecule has 1 amide bonds. The Kier molecular flexibility index (Phi) is 3.35. The highest BCUT2D eigenvalue weighted by molar-refractivity contribution is 5.77. The first-order chi connectivity index (χ1) is 6.99. The monoisotopic (exact) mass is 207 g/mol. The van der Waals surface area contributed by atoms with Crippen LogP contribution in [0.2, 0.25) is 0 Å². The maximum Gasteiger partial charge on any atom is 0.224 e.